The largest absolute Gasteiger partial charge is 0.493 e. The molecule has 2 N–H and O–H groups in total. The van der Waals surface area contributed by atoms with Crippen LogP contribution in [0.2, 0.25) is 0 Å². The molecule has 2 rings (SSSR count). The van der Waals surface area contributed by atoms with Gasteiger partial charge in [-0.3, -0.25) is 0 Å². The molecular weight excluding hydrogens is 290 g/mol. The summed E-state index contributed by atoms with van der Waals surface area (Å²) in [7, 11) is -3.70. The van der Waals surface area contributed by atoms with Crippen LogP contribution in [0.4, 0.5) is 0 Å². The van der Waals surface area contributed by atoms with Crippen molar-refractivity contribution in [2.75, 3.05) is 19.8 Å². The van der Waals surface area contributed by atoms with E-state index >= 15 is 0 Å². The fourth-order valence-corrected chi connectivity index (χ4v) is 3.57. The Hall–Kier alpha value is -1.11. The molecule has 5 nitrogen and oxygen atoms in total. The first-order valence-corrected chi connectivity index (χ1v) is 8.69. The average Bonchev–Trinajstić information content (AvgIpc) is 2.42. The average molecular weight is 313 g/mol. The smallest absolute Gasteiger partial charge is 0.238 e. The van der Waals surface area contributed by atoms with E-state index in [1.807, 2.05) is 13.8 Å². The minimum absolute atomic E-state index is 0.177. The first kappa shape index (κ1) is 16.3. The lowest BCUT2D eigenvalue weighted by molar-refractivity contribution is 0.0495. The molecule has 0 aromatic heterocycles. The van der Waals surface area contributed by atoms with Gasteiger partial charge in [0.05, 0.1) is 11.5 Å². The molecule has 6 heteroatoms. The summed E-state index contributed by atoms with van der Waals surface area (Å²) in [6, 6.07) is 1.59. The van der Waals surface area contributed by atoms with Gasteiger partial charge >= 0.3 is 0 Å². The second kappa shape index (κ2) is 6.34. The van der Waals surface area contributed by atoms with Gasteiger partial charge in [0.25, 0.3) is 0 Å². The van der Waals surface area contributed by atoms with Gasteiger partial charge in [-0.25, -0.2) is 13.6 Å². The Morgan fingerprint density at radius 3 is 2.43 bits per heavy atom. The topological polar surface area (TPSA) is 78.6 Å². The maximum Gasteiger partial charge on any atom is 0.238 e. The molecule has 1 aliphatic heterocycles. The van der Waals surface area contributed by atoms with E-state index in [2.05, 4.69) is 0 Å². The van der Waals surface area contributed by atoms with Crippen molar-refractivity contribution >= 4 is 10.0 Å². The molecule has 1 fully saturated rings. The van der Waals surface area contributed by atoms with E-state index in [1.54, 1.807) is 13.0 Å². The van der Waals surface area contributed by atoms with Crippen LogP contribution in [0.5, 0.6) is 5.75 Å². The van der Waals surface area contributed by atoms with Crippen molar-refractivity contribution in [1.82, 2.24) is 0 Å². The van der Waals surface area contributed by atoms with Crippen LogP contribution in [0.1, 0.15) is 29.5 Å². The molecule has 0 amide bonds. The molecule has 0 radical (unpaired) electrons. The zero-order valence-electron chi connectivity index (χ0n) is 12.8. The van der Waals surface area contributed by atoms with Crippen molar-refractivity contribution in [3.63, 3.8) is 0 Å². The molecule has 1 aromatic carbocycles. The van der Waals surface area contributed by atoms with E-state index < -0.39 is 10.0 Å². The molecule has 0 atom stereocenters. The minimum Gasteiger partial charge on any atom is -0.493 e. The second-order valence-electron chi connectivity index (χ2n) is 5.68. The molecule has 0 saturated carbocycles. The lowest BCUT2D eigenvalue weighted by Crippen LogP contribution is -2.22. The molecule has 0 unspecified atom stereocenters. The predicted octanol–water partition coefficient (Wildman–Crippen LogP) is 2.06. The molecule has 1 aromatic rings. The molecule has 1 aliphatic rings. The van der Waals surface area contributed by atoms with Crippen LogP contribution in [0.3, 0.4) is 0 Å². The maximum absolute atomic E-state index is 11.6. The number of nitrogens with two attached hydrogens (primary N) is 1. The highest BCUT2D eigenvalue weighted by Gasteiger charge is 2.20. The van der Waals surface area contributed by atoms with Gasteiger partial charge in [0.15, 0.2) is 0 Å². The molecule has 0 aliphatic carbocycles. The normalized spacial score (nSPS) is 17.0. The highest BCUT2D eigenvalue weighted by molar-refractivity contribution is 7.89. The summed E-state index contributed by atoms with van der Waals surface area (Å²) >= 11 is 0. The van der Waals surface area contributed by atoms with Gasteiger partial charge in [-0.1, -0.05) is 0 Å². The number of ether oxygens (including phenoxy) is 2. The Kier molecular flexibility index (Phi) is 4.91. The summed E-state index contributed by atoms with van der Waals surface area (Å²) in [5.41, 5.74) is 2.30. The summed E-state index contributed by atoms with van der Waals surface area (Å²) < 4.78 is 34.5. The third-order valence-electron chi connectivity index (χ3n) is 4.09. The Morgan fingerprint density at radius 1 is 1.24 bits per heavy atom. The van der Waals surface area contributed by atoms with Gasteiger partial charge < -0.3 is 9.47 Å². The summed E-state index contributed by atoms with van der Waals surface area (Å²) in [4.78, 5) is 0.177. The lowest BCUT2D eigenvalue weighted by Gasteiger charge is -2.24. The van der Waals surface area contributed by atoms with Gasteiger partial charge in [-0.15, -0.1) is 0 Å². The highest BCUT2D eigenvalue weighted by Crippen LogP contribution is 2.31. The molecule has 0 spiro atoms. The summed E-state index contributed by atoms with van der Waals surface area (Å²) in [6.07, 6.45) is 2.01. The summed E-state index contributed by atoms with van der Waals surface area (Å²) in [5.74, 6) is 1.27. The van der Waals surface area contributed by atoms with Crippen molar-refractivity contribution in [3.05, 3.63) is 22.8 Å². The quantitative estimate of drug-likeness (QED) is 0.923. The Morgan fingerprint density at radius 2 is 1.86 bits per heavy atom. The van der Waals surface area contributed by atoms with Crippen LogP contribution < -0.4 is 9.88 Å². The number of rotatable bonds is 4. The van der Waals surface area contributed by atoms with Crippen LogP contribution in [-0.4, -0.2) is 28.2 Å². The number of primary sulfonamides is 1. The Bertz CT molecular complexity index is 619. The van der Waals surface area contributed by atoms with Crippen LogP contribution in [-0.2, 0) is 14.8 Å². The lowest BCUT2D eigenvalue weighted by atomic mass is 10.0. The number of benzene rings is 1. The molecule has 1 heterocycles. The van der Waals surface area contributed by atoms with Crippen molar-refractivity contribution < 1.29 is 17.9 Å². The van der Waals surface area contributed by atoms with Gasteiger partial charge in [0.2, 0.25) is 10.0 Å². The number of sulfonamides is 1. The number of hydrogen-bond acceptors (Lipinski definition) is 4. The highest BCUT2D eigenvalue weighted by atomic mass is 32.2. The molecule has 21 heavy (non-hydrogen) atoms. The molecule has 118 valence electrons. The number of aryl methyl sites for hydroxylation is 1. The third kappa shape index (κ3) is 3.75. The Labute approximate surface area is 126 Å². The Balaban J connectivity index is 2.22. The predicted molar refractivity (Wildman–Crippen MR) is 81.1 cm³/mol. The van der Waals surface area contributed by atoms with Crippen molar-refractivity contribution in [3.8, 4) is 5.75 Å². The van der Waals surface area contributed by atoms with Crippen LogP contribution >= 0.6 is 0 Å². The van der Waals surface area contributed by atoms with E-state index in [9.17, 15) is 8.42 Å². The fourth-order valence-electron chi connectivity index (χ4n) is 2.65. The van der Waals surface area contributed by atoms with E-state index in [1.165, 1.54) is 0 Å². The SMILES string of the molecule is Cc1cc(S(N)(=O)=O)c(C)c(C)c1OCC1CCOCC1. The number of hydrogen-bond donors (Lipinski definition) is 1. The van der Waals surface area contributed by atoms with E-state index in [-0.39, 0.29) is 4.90 Å². The minimum atomic E-state index is -3.70. The van der Waals surface area contributed by atoms with Crippen molar-refractivity contribution in [1.29, 1.82) is 0 Å². The van der Waals surface area contributed by atoms with Crippen molar-refractivity contribution in [2.24, 2.45) is 11.1 Å². The van der Waals surface area contributed by atoms with E-state index in [4.69, 9.17) is 14.6 Å². The van der Waals surface area contributed by atoms with Gasteiger partial charge in [0.1, 0.15) is 5.75 Å². The van der Waals surface area contributed by atoms with E-state index in [0.29, 0.717) is 18.1 Å². The monoisotopic (exact) mass is 313 g/mol. The first-order chi connectivity index (χ1) is 9.80. The molecule has 1 saturated heterocycles. The van der Waals surface area contributed by atoms with E-state index in [0.717, 1.165) is 42.9 Å². The third-order valence-corrected chi connectivity index (χ3v) is 5.13. The maximum atomic E-state index is 11.6. The standard InChI is InChI=1S/C15H23NO4S/c1-10-8-14(21(16,17)18)11(2)12(3)15(10)20-9-13-4-6-19-7-5-13/h8,13H,4-7,9H2,1-3H3,(H2,16,17,18). The summed E-state index contributed by atoms with van der Waals surface area (Å²) in [5, 5.41) is 5.25. The van der Waals surface area contributed by atoms with Gasteiger partial charge in [-0.2, -0.15) is 0 Å². The van der Waals surface area contributed by atoms with Crippen molar-refractivity contribution in [2.45, 2.75) is 38.5 Å². The van der Waals surface area contributed by atoms with Gasteiger partial charge in [-0.05, 0) is 62.3 Å². The zero-order valence-corrected chi connectivity index (χ0v) is 13.6. The second-order valence-corrected chi connectivity index (χ2v) is 7.21. The zero-order chi connectivity index (χ0) is 15.6. The first-order valence-electron chi connectivity index (χ1n) is 7.15. The summed E-state index contributed by atoms with van der Waals surface area (Å²) in [6.45, 7) is 7.69. The van der Waals surface area contributed by atoms with Crippen LogP contribution in [0.25, 0.3) is 0 Å². The van der Waals surface area contributed by atoms with Gasteiger partial charge in [0, 0.05) is 13.2 Å². The van der Waals surface area contributed by atoms with Crippen LogP contribution in [0.15, 0.2) is 11.0 Å². The fraction of sp³-hybridized carbons (Fsp3) is 0.600. The molecular formula is C15H23NO4S. The van der Waals surface area contributed by atoms with Crippen LogP contribution in [0, 0.1) is 26.7 Å². The molecule has 0 bridgehead atoms.